The third-order valence-electron chi connectivity index (χ3n) is 2.67. The van der Waals surface area contributed by atoms with E-state index in [0.29, 0.717) is 19.5 Å². The smallest absolute Gasteiger partial charge is 0.326 e. The topological polar surface area (TPSA) is 69.6 Å². The van der Waals surface area contributed by atoms with Gasteiger partial charge < -0.3 is 15.3 Å². The van der Waals surface area contributed by atoms with Crippen LogP contribution in [0.25, 0.3) is 0 Å². The molecular formula is C11H18N2O3. The summed E-state index contributed by atoms with van der Waals surface area (Å²) in [5.74, 6) is -1.05. The van der Waals surface area contributed by atoms with Crippen LogP contribution in [0.4, 0.5) is 0 Å². The number of aliphatic carboxylic acids is 1. The molecule has 1 atom stereocenters. The van der Waals surface area contributed by atoms with Crippen LogP contribution < -0.4 is 5.32 Å². The monoisotopic (exact) mass is 226 g/mol. The van der Waals surface area contributed by atoms with Crippen molar-refractivity contribution in [3.05, 3.63) is 12.7 Å². The van der Waals surface area contributed by atoms with Crippen molar-refractivity contribution in [2.24, 2.45) is 0 Å². The van der Waals surface area contributed by atoms with Gasteiger partial charge in [-0.05, 0) is 19.3 Å². The summed E-state index contributed by atoms with van der Waals surface area (Å²) in [6.45, 7) is 4.81. The summed E-state index contributed by atoms with van der Waals surface area (Å²) in [4.78, 5) is 24.2. The van der Waals surface area contributed by atoms with Gasteiger partial charge in [0, 0.05) is 13.1 Å². The van der Waals surface area contributed by atoms with Crippen LogP contribution in [0.2, 0.25) is 0 Å². The fourth-order valence-corrected chi connectivity index (χ4v) is 1.87. The van der Waals surface area contributed by atoms with Gasteiger partial charge in [0.2, 0.25) is 5.91 Å². The van der Waals surface area contributed by atoms with E-state index in [-0.39, 0.29) is 12.5 Å². The van der Waals surface area contributed by atoms with E-state index in [4.69, 9.17) is 5.11 Å². The van der Waals surface area contributed by atoms with Crippen molar-refractivity contribution in [1.29, 1.82) is 0 Å². The standard InChI is InChI=1S/C11H18N2O3/c1-2-6-12-8-10(14)13-7-4-3-5-9(13)11(15)16/h2,9,12H,1,3-8H2,(H,15,16)/t9-/m0/s1. The molecule has 5 nitrogen and oxygen atoms in total. The molecule has 0 unspecified atom stereocenters. The number of carbonyl (C=O) groups is 2. The molecule has 90 valence electrons. The fraction of sp³-hybridized carbons (Fsp3) is 0.636. The number of nitrogens with zero attached hydrogens (tertiary/aromatic N) is 1. The SMILES string of the molecule is C=CCNCC(=O)N1CCCC[C@H]1C(=O)O. The highest BCUT2D eigenvalue weighted by molar-refractivity contribution is 5.85. The third-order valence-corrected chi connectivity index (χ3v) is 2.67. The summed E-state index contributed by atoms with van der Waals surface area (Å²) in [5, 5.41) is 11.9. The molecule has 0 aliphatic carbocycles. The number of rotatable bonds is 5. The molecule has 1 aliphatic heterocycles. The largest absolute Gasteiger partial charge is 0.480 e. The molecule has 16 heavy (non-hydrogen) atoms. The maximum absolute atomic E-state index is 11.8. The van der Waals surface area contributed by atoms with Gasteiger partial charge in [-0.25, -0.2) is 4.79 Å². The van der Waals surface area contributed by atoms with Gasteiger partial charge >= 0.3 is 5.97 Å². The summed E-state index contributed by atoms with van der Waals surface area (Å²) >= 11 is 0. The number of carbonyl (C=O) groups excluding carboxylic acids is 1. The van der Waals surface area contributed by atoms with Gasteiger partial charge in [0.25, 0.3) is 0 Å². The van der Waals surface area contributed by atoms with Gasteiger partial charge in [-0.1, -0.05) is 6.08 Å². The number of hydrogen-bond acceptors (Lipinski definition) is 3. The van der Waals surface area contributed by atoms with Crippen molar-refractivity contribution in [1.82, 2.24) is 10.2 Å². The Morgan fingerprint density at radius 3 is 2.88 bits per heavy atom. The number of piperidine rings is 1. The molecular weight excluding hydrogens is 208 g/mol. The second-order valence-corrected chi connectivity index (χ2v) is 3.86. The molecule has 1 heterocycles. The molecule has 0 radical (unpaired) electrons. The fourth-order valence-electron chi connectivity index (χ4n) is 1.87. The number of likely N-dealkylation sites (tertiary alicyclic amines) is 1. The van der Waals surface area contributed by atoms with Gasteiger partial charge in [-0.2, -0.15) is 0 Å². The van der Waals surface area contributed by atoms with E-state index in [1.807, 2.05) is 0 Å². The van der Waals surface area contributed by atoms with E-state index in [1.54, 1.807) is 6.08 Å². The summed E-state index contributed by atoms with van der Waals surface area (Å²) in [5.41, 5.74) is 0. The molecule has 0 saturated carbocycles. The number of nitrogens with one attached hydrogen (secondary N) is 1. The lowest BCUT2D eigenvalue weighted by atomic mass is 10.0. The third kappa shape index (κ3) is 3.34. The molecule has 0 aromatic rings. The number of amides is 1. The van der Waals surface area contributed by atoms with Crippen molar-refractivity contribution in [3.63, 3.8) is 0 Å². The van der Waals surface area contributed by atoms with Crippen molar-refractivity contribution >= 4 is 11.9 Å². The van der Waals surface area contributed by atoms with E-state index in [1.165, 1.54) is 4.90 Å². The van der Waals surface area contributed by atoms with Crippen LogP contribution in [0.3, 0.4) is 0 Å². The van der Waals surface area contributed by atoms with E-state index >= 15 is 0 Å². The lowest BCUT2D eigenvalue weighted by molar-refractivity contribution is -0.151. The maximum Gasteiger partial charge on any atom is 0.326 e. The molecule has 1 aliphatic rings. The lowest BCUT2D eigenvalue weighted by Crippen LogP contribution is -2.50. The molecule has 1 amide bonds. The van der Waals surface area contributed by atoms with Crippen LogP contribution in [0.15, 0.2) is 12.7 Å². The van der Waals surface area contributed by atoms with Crippen molar-refractivity contribution in [2.75, 3.05) is 19.6 Å². The lowest BCUT2D eigenvalue weighted by Gasteiger charge is -2.33. The molecule has 1 rings (SSSR count). The zero-order chi connectivity index (χ0) is 12.0. The molecule has 0 aromatic heterocycles. The highest BCUT2D eigenvalue weighted by atomic mass is 16.4. The van der Waals surface area contributed by atoms with Crippen LogP contribution in [0.5, 0.6) is 0 Å². The quantitative estimate of drug-likeness (QED) is 0.520. The summed E-state index contributed by atoms with van der Waals surface area (Å²) in [6.07, 6.45) is 3.98. The highest BCUT2D eigenvalue weighted by Crippen LogP contribution is 2.16. The first-order valence-electron chi connectivity index (χ1n) is 5.50. The molecule has 0 aromatic carbocycles. The minimum atomic E-state index is -0.906. The Labute approximate surface area is 95.1 Å². The maximum atomic E-state index is 11.8. The molecule has 0 bridgehead atoms. The van der Waals surface area contributed by atoms with Gasteiger partial charge in [0.1, 0.15) is 6.04 Å². The van der Waals surface area contributed by atoms with Crippen LogP contribution in [-0.2, 0) is 9.59 Å². The molecule has 0 spiro atoms. The summed E-state index contributed by atoms with van der Waals surface area (Å²) in [6, 6.07) is -0.646. The van der Waals surface area contributed by atoms with Crippen molar-refractivity contribution in [3.8, 4) is 0 Å². The zero-order valence-corrected chi connectivity index (χ0v) is 9.32. The Hall–Kier alpha value is -1.36. The second kappa shape index (κ2) is 6.27. The first-order chi connectivity index (χ1) is 7.66. The molecule has 5 heteroatoms. The molecule has 2 N–H and O–H groups in total. The van der Waals surface area contributed by atoms with E-state index in [0.717, 1.165) is 12.8 Å². The predicted molar refractivity (Wildman–Crippen MR) is 60.1 cm³/mol. The Balaban J connectivity index is 2.50. The van der Waals surface area contributed by atoms with E-state index < -0.39 is 12.0 Å². The first kappa shape index (κ1) is 12.7. The normalized spacial score (nSPS) is 20.5. The van der Waals surface area contributed by atoms with Crippen LogP contribution in [-0.4, -0.2) is 47.6 Å². The van der Waals surface area contributed by atoms with Gasteiger partial charge in [0.15, 0.2) is 0 Å². The molecule has 1 fully saturated rings. The highest BCUT2D eigenvalue weighted by Gasteiger charge is 2.31. The van der Waals surface area contributed by atoms with E-state index in [2.05, 4.69) is 11.9 Å². The Morgan fingerprint density at radius 2 is 2.25 bits per heavy atom. The number of hydrogen-bond donors (Lipinski definition) is 2. The minimum absolute atomic E-state index is 0.144. The van der Waals surface area contributed by atoms with Crippen LogP contribution in [0, 0.1) is 0 Å². The summed E-state index contributed by atoms with van der Waals surface area (Å²) in [7, 11) is 0. The zero-order valence-electron chi connectivity index (χ0n) is 9.32. The minimum Gasteiger partial charge on any atom is -0.480 e. The Morgan fingerprint density at radius 1 is 1.50 bits per heavy atom. The number of carboxylic acids is 1. The van der Waals surface area contributed by atoms with E-state index in [9.17, 15) is 9.59 Å². The Kier molecular flexibility index (Phi) is 4.98. The van der Waals surface area contributed by atoms with Crippen LogP contribution >= 0.6 is 0 Å². The van der Waals surface area contributed by atoms with Crippen molar-refractivity contribution in [2.45, 2.75) is 25.3 Å². The van der Waals surface area contributed by atoms with Crippen LogP contribution in [0.1, 0.15) is 19.3 Å². The molecule has 1 saturated heterocycles. The first-order valence-corrected chi connectivity index (χ1v) is 5.50. The number of carboxylic acid groups (broad SMARTS) is 1. The van der Waals surface area contributed by atoms with Gasteiger partial charge in [0.05, 0.1) is 6.54 Å². The van der Waals surface area contributed by atoms with Gasteiger partial charge in [-0.3, -0.25) is 4.79 Å². The summed E-state index contributed by atoms with van der Waals surface area (Å²) < 4.78 is 0. The average Bonchev–Trinajstić information content (AvgIpc) is 2.29. The van der Waals surface area contributed by atoms with Crippen molar-refractivity contribution < 1.29 is 14.7 Å². The van der Waals surface area contributed by atoms with Gasteiger partial charge in [-0.15, -0.1) is 6.58 Å². The Bertz CT molecular complexity index is 278. The predicted octanol–water partition coefficient (Wildman–Crippen LogP) is 0.228. The second-order valence-electron chi connectivity index (χ2n) is 3.86. The average molecular weight is 226 g/mol.